The van der Waals surface area contributed by atoms with Crippen molar-refractivity contribution in [2.45, 2.75) is 81.2 Å². The van der Waals surface area contributed by atoms with Gasteiger partial charge in [0.15, 0.2) is 12.6 Å². The highest BCUT2D eigenvalue weighted by Gasteiger charge is 2.47. The van der Waals surface area contributed by atoms with E-state index in [1.807, 2.05) is 13.0 Å². The summed E-state index contributed by atoms with van der Waals surface area (Å²) in [7, 11) is 0. The summed E-state index contributed by atoms with van der Waals surface area (Å²) in [5.74, 6) is 0. The van der Waals surface area contributed by atoms with Crippen molar-refractivity contribution in [1.29, 1.82) is 0 Å². The number of hydrogen-bond acceptors (Lipinski definition) is 11. The lowest BCUT2D eigenvalue weighted by Gasteiger charge is -2.42. The lowest BCUT2D eigenvalue weighted by molar-refractivity contribution is -0.330. The molecule has 11 nitrogen and oxygen atoms in total. The second kappa shape index (κ2) is 11.6. The van der Waals surface area contributed by atoms with Crippen molar-refractivity contribution in [3.8, 4) is 0 Å². The van der Waals surface area contributed by atoms with Gasteiger partial charge < -0.3 is 54.7 Å². The van der Waals surface area contributed by atoms with Crippen LogP contribution in [-0.2, 0) is 18.9 Å². The molecular formula is C18H32O11. The number of aliphatic hydroxyl groups is 7. The molecule has 0 unspecified atom stereocenters. The summed E-state index contributed by atoms with van der Waals surface area (Å²) in [4.78, 5) is 0. The number of ether oxygens (including phenoxy) is 4. The molecule has 7 N–H and O–H groups in total. The maximum atomic E-state index is 10.1. The van der Waals surface area contributed by atoms with Crippen LogP contribution in [-0.4, -0.2) is 117 Å². The Morgan fingerprint density at radius 3 is 1.86 bits per heavy atom. The van der Waals surface area contributed by atoms with Gasteiger partial charge in [0.05, 0.1) is 19.8 Å². The van der Waals surface area contributed by atoms with Crippen LogP contribution >= 0.6 is 0 Å². The summed E-state index contributed by atoms with van der Waals surface area (Å²) < 4.78 is 21.4. The first kappa shape index (κ1) is 24.6. The molecule has 2 heterocycles. The maximum Gasteiger partial charge on any atom is 0.187 e. The Morgan fingerprint density at radius 1 is 0.724 bits per heavy atom. The predicted octanol–water partition coefficient (Wildman–Crippen LogP) is -3.02. The van der Waals surface area contributed by atoms with Crippen molar-refractivity contribution in [2.24, 2.45) is 0 Å². The van der Waals surface area contributed by atoms with Crippen molar-refractivity contribution in [1.82, 2.24) is 0 Å². The standard InChI is InChI=1S/C18H32O11/c1-2-3-4-5-6-26-17-15(24)14(23)12(21)10(29-17)8-27-18-16(25)13(22)11(20)9(7-19)28-18/h4-5,9-25H,2-3,6-8H2,1H3/b5-4+/t9-,10-,11-,12-,13+,14+,15-,16-,17-,18-/m1/s1. The van der Waals surface area contributed by atoms with Crippen molar-refractivity contribution in [2.75, 3.05) is 19.8 Å². The molecule has 2 saturated heterocycles. The Bertz CT molecular complexity index is 502. The van der Waals surface area contributed by atoms with Gasteiger partial charge in [-0.2, -0.15) is 0 Å². The highest BCUT2D eigenvalue weighted by Crippen LogP contribution is 2.25. The summed E-state index contributed by atoms with van der Waals surface area (Å²) in [6.07, 6.45) is -8.71. The van der Waals surface area contributed by atoms with Gasteiger partial charge in [0.1, 0.15) is 48.8 Å². The van der Waals surface area contributed by atoms with Gasteiger partial charge in [-0.1, -0.05) is 25.5 Å². The van der Waals surface area contributed by atoms with Gasteiger partial charge in [-0.3, -0.25) is 0 Å². The molecule has 10 atom stereocenters. The molecule has 0 spiro atoms. The van der Waals surface area contributed by atoms with E-state index in [0.717, 1.165) is 12.8 Å². The van der Waals surface area contributed by atoms with Gasteiger partial charge in [-0.15, -0.1) is 0 Å². The van der Waals surface area contributed by atoms with Crippen molar-refractivity contribution in [3.05, 3.63) is 12.2 Å². The SMILES string of the molecule is CCC/C=C/CO[C@@H]1O[C@H](CO[C@@H]2O[C@H](CO)[C@@H](O)[C@H](O)[C@H]2O)[C@@H](O)[C@H](O)[C@H]1O. The largest absolute Gasteiger partial charge is 0.394 e. The Kier molecular flexibility index (Phi) is 9.85. The summed E-state index contributed by atoms with van der Waals surface area (Å²) >= 11 is 0. The van der Waals surface area contributed by atoms with Crippen LogP contribution in [0.5, 0.6) is 0 Å². The van der Waals surface area contributed by atoms with Crippen LogP contribution < -0.4 is 0 Å². The summed E-state index contributed by atoms with van der Waals surface area (Å²) in [5.41, 5.74) is 0. The van der Waals surface area contributed by atoms with E-state index in [1.165, 1.54) is 0 Å². The minimum atomic E-state index is -1.61. The number of rotatable bonds is 9. The Hall–Kier alpha value is -0.700. The quantitative estimate of drug-likeness (QED) is 0.187. The fraction of sp³-hybridized carbons (Fsp3) is 0.889. The van der Waals surface area contributed by atoms with Crippen LogP contribution in [0.1, 0.15) is 19.8 Å². The molecule has 2 fully saturated rings. The van der Waals surface area contributed by atoms with E-state index in [4.69, 9.17) is 18.9 Å². The van der Waals surface area contributed by atoms with E-state index in [2.05, 4.69) is 0 Å². The van der Waals surface area contributed by atoms with E-state index in [9.17, 15) is 35.7 Å². The van der Waals surface area contributed by atoms with Gasteiger partial charge in [0.25, 0.3) is 0 Å². The van der Waals surface area contributed by atoms with Crippen LogP contribution in [0.3, 0.4) is 0 Å². The molecule has 0 aliphatic carbocycles. The van der Waals surface area contributed by atoms with E-state index >= 15 is 0 Å². The third-order valence-corrected chi connectivity index (χ3v) is 4.92. The fourth-order valence-electron chi connectivity index (χ4n) is 3.09. The second-order valence-electron chi connectivity index (χ2n) is 7.14. The Labute approximate surface area is 168 Å². The zero-order valence-corrected chi connectivity index (χ0v) is 16.2. The topological polar surface area (TPSA) is 179 Å². The molecule has 2 aliphatic rings. The predicted molar refractivity (Wildman–Crippen MR) is 96.4 cm³/mol. The number of unbranched alkanes of at least 4 members (excludes halogenated alkanes) is 1. The third-order valence-electron chi connectivity index (χ3n) is 4.92. The summed E-state index contributed by atoms with van der Waals surface area (Å²) in [6, 6.07) is 0. The second-order valence-corrected chi connectivity index (χ2v) is 7.14. The maximum absolute atomic E-state index is 10.1. The molecule has 0 radical (unpaired) electrons. The van der Waals surface area contributed by atoms with Gasteiger partial charge in [0, 0.05) is 0 Å². The summed E-state index contributed by atoms with van der Waals surface area (Å²) in [5, 5.41) is 69.0. The van der Waals surface area contributed by atoms with Crippen LogP contribution in [0, 0.1) is 0 Å². The lowest BCUT2D eigenvalue weighted by atomic mass is 9.98. The van der Waals surface area contributed by atoms with E-state index in [-0.39, 0.29) is 13.2 Å². The molecule has 0 saturated carbocycles. The van der Waals surface area contributed by atoms with Gasteiger partial charge in [-0.05, 0) is 6.42 Å². The normalized spacial score (nSPS) is 43.7. The number of aliphatic hydroxyl groups excluding tert-OH is 7. The van der Waals surface area contributed by atoms with Crippen molar-refractivity contribution >= 4 is 0 Å². The highest BCUT2D eigenvalue weighted by atomic mass is 16.7. The first-order chi connectivity index (χ1) is 13.8. The van der Waals surface area contributed by atoms with E-state index < -0.39 is 68.0 Å². The molecule has 170 valence electrons. The Balaban J connectivity index is 1.92. The van der Waals surface area contributed by atoms with E-state index in [0.29, 0.717) is 0 Å². The average Bonchev–Trinajstić information content (AvgIpc) is 2.72. The Morgan fingerprint density at radius 2 is 1.28 bits per heavy atom. The van der Waals surface area contributed by atoms with Gasteiger partial charge >= 0.3 is 0 Å². The third kappa shape index (κ3) is 6.15. The van der Waals surface area contributed by atoms with Crippen molar-refractivity contribution < 1.29 is 54.7 Å². The minimum Gasteiger partial charge on any atom is -0.394 e. The molecular weight excluding hydrogens is 392 g/mol. The molecule has 2 aliphatic heterocycles. The zero-order valence-electron chi connectivity index (χ0n) is 16.2. The highest BCUT2D eigenvalue weighted by molar-refractivity contribution is 4.92. The zero-order chi connectivity index (χ0) is 21.6. The monoisotopic (exact) mass is 424 g/mol. The lowest BCUT2D eigenvalue weighted by Crippen LogP contribution is -2.61. The number of allylic oxidation sites excluding steroid dienone is 1. The smallest absolute Gasteiger partial charge is 0.187 e. The first-order valence-corrected chi connectivity index (χ1v) is 9.70. The molecule has 0 aromatic rings. The van der Waals surface area contributed by atoms with Gasteiger partial charge in [0.2, 0.25) is 0 Å². The fourth-order valence-corrected chi connectivity index (χ4v) is 3.09. The molecule has 2 rings (SSSR count). The van der Waals surface area contributed by atoms with E-state index in [1.54, 1.807) is 6.08 Å². The number of hydrogen-bond donors (Lipinski definition) is 7. The molecule has 0 aromatic carbocycles. The van der Waals surface area contributed by atoms with Crippen LogP contribution in [0.2, 0.25) is 0 Å². The summed E-state index contributed by atoms with van der Waals surface area (Å²) in [6.45, 7) is 1.15. The van der Waals surface area contributed by atoms with Crippen molar-refractivity contribution in [3.63, 3.8) is 0 Å². The van der Waals surface area contributed by atoms with Crippen LogP contribution in [0.25, 0.3) is 0 Å². The van der Waals surface area contributed by atoms with Gasteiger partial charge in [-0.25, -0.2) is 0 Å². The minimum absolute atomic E-state index is 0.130. The van der Waals surface area contributed by atoms with Crippen LogP contribution in [0.4, 0.5) is 0 Å². The first-order valence-electron chi connectivity index (χ1n) is 9.70. The molecule has 0 aromatic heterocycles. The van der Waals surface area contributed by atoms with Crippen LogP contribution in [0.15, 0.2) is 12.2 Å². The molecule has 0 bridgehead atoms. The molecule has 0 amide bonds. The molecule has 29 heavy (non-hydrogen) atoms. The average molecular weight is 424 g/mol. The molecule has 11 heteroatoms.